The second-order valence-corrected chi connectivity index (χ2v) is 5.79. The van der Waals surface area contributed by atoms with E-state index in [1.165, 1.54) is 10.7 Å². The van der Waals surface area contributed by atoms with Crippen LogP contribution in [-0.4, -0.2) is 27.9 Å². The van der Waals surface area contributed by atoms with Crippen LogP contribution in [0.3, 0.4) is 0 Å². The molecule has 2 aromatic rings. The lowest BCUT2D eigenvalue weighted by Crippen LogP contribution is -2.30. The summed E-state index contributed by atoms with van der Waals surface area (Å²) in [5.74, 6) is -0.709. The molecule has 3 rings (SSSR count). The predicted molar refractivity (Wildman–Crippen MR) is 85.0 cm³/mol. The van der Waals surface area contributed by atoms with Crippen LogP contribution in [0, 0.1) is 5.82 Å². The first kappa shape index (κ1) is 15.7. The molecular weight excluding hydrogens is 297 g/mol. The molecule has 122 valence electrons. The van der Waals surface area contributed by atoms with Gasteiger partial charge in [-0.3, -0.25) is 4.79 Å². The summed E-state index contributed by atoms with van der Waals surface area (Å²) in [7, 11) is 0. The van der Waals surface area contributed by atoms with Crippen LogP contribution in [0.1, 0.15) is 32.6 Å². The van der Waals surface area contributed by atoms with E-state index in [0.717, 1.165) is 25.7 Å². The van der Waals surface area contributed by atoms with Crippen molar-refractivity contribution >= 4 is 11.6 Å². The molecule has 0 spiro atoms. The van der Waals surface area contributed by atoms with Gasteiger partial charge < -0.3 is 10.1 Å². The number of hydrogen-bond donors (Lipinski definition) is 1. The van der Waals surface area contributed by atoms with Crippen molar-refractivity contribution in [3.8, 4) is 5.69 Å². The molecule has 1 fully saturated rings. The minimum absolute atomic E-state index is 0.162. The quantitative estimate of drug-likeness (QED) is 0.920. The molecule has 1 heterocycles. The third kappa shape index (κ3) is 3.76. The molecule has 0 aliphatic heterocycles. The standard InChI is InChI=1S/C17H20FN3O2/c1-12(23-14-5-2-3-6-14)17(22)20-13-7-8-16(15(18)11-13)21-10-4-9-19-21/h4,7-12,14H,2-3,5-6H2,1H3,(H,20,22)/t12-/m0/s1. The molecule has 23 heavy (non-hydrogen) atoms. The zero-order valence-corrected chi connectivity index (χ0v) is 13.0. The molecule has 1 aliphatic rings. The van der Waals surface area contributed by atoms with Crippen molar-refractivity contribution in [3.63, 3.8) is 0 Å². The van der Waals surface area contributed by atoms with Gasteiger partial charge in [0.15, 0.2) is 5.82 Å². The van der Waals surface area contributed by atoms with E-state index < -0.39 is 11.9 Å². The molecule has 1 amide bonds. The van der Waals surface area contributed by atoms with Crippen molar-refractivity contribution < 1.29 is 13.9 Å². The van der Waals surface area contributed by atoms with E-state index in [-0.39, 0.29) is 12.0 Å². The number of aromatic nitrogens is 2. The van der Waals surface area contributed by atoms with E-state index in [1.807, 2.05) is 0 Å². The van der Waals surface area contributed by atoms with E-state index in [1.54, 1.807) is 37.5 Å². The summed E-state index contributed by atoms with van der Waals surface area (Å²) in [4.78, 5) is 12.1. The first-order valence-electron chi connectivity index (χ1n) is 7.89. The number of nitrogens with zero attached hydrogens (tertiary/aromatic N) is 2. The molecule has 0 unspecified atom stereocenters. The summed E-state index contributed by atoms with van der Waals surface area (Å²) < 4.78 is 21.3. The lowest BCUT2D eigenvalue weighted by Gasteiger charge is -2.18. The Hall–Kier alpha value is -2.21. The third-order valence-corrected chi connectivity index (χ3v) is 4.03. The Labute approximate surface area is 134 Å². The van der Waals surface area contributed by atoms with Crippen LogP contribution in [0.4, 0.5) is 10.1 Å². The van der Waals surface area contributed by atoms with E-state index >= 15 is 0 Å². The number of carbonyl (C=O) groups excluding carboxylic acids is 1. The predicted octanol–water partition coefficient (Wildman–Crippen LogP) is 3.30. The summed E-state index contributed by atoms with van der Waals surface area (Å²) >= 11 is 0. The Morgan fingerprint density at radius 3 is 2.87 bits per heavy atom. The van der Waals surface area contributed by atoms with Crippen LogP contribution in [0.15, 0.2) is 36.7 Å². The van der Waals surface area contributed by atoms with Gasteiger partial charge in [-0.15, -0.1) is 0 Å². The van der Waals surface area contributed by atoms with Crippen molar-refractivity contribution in [1.82, 2.24) is 9.78 Å². The third-order valence-electron chi connectivity index (χ3n) is 4.03. The smallest absolute Gasteiger partial charge is 0.253 e. The highest BCUT2D eigenvalue weighted by Crippen LogP contribution is 2.23. The SMILES string of the molecule is C[C@H](OC1CCCC1)C(=O)Nc1ccc(-n2cccn2)c(F)c1. The van der Waals surface area contributed by atoms with Crippen LogP contribution < -0.4 is 5.32 Å². The van der Waals surface area contributed by atoms with Gasteiger partial charge in [0.05, 0.1) is 6.10 Å². The Morgan fingerprint density at radius 1 is 1.43 bits per heavy atom. The topological polar surface area (TPSA) is 56.1 Å². The summed E-state index contributed by atoms with van der Waals surface area (Å²) in [5.41, 5.74) is 0.744. The lowest BCUT2D eigenvalue weighted by molar-refractivity contribution is -0.129. The molecule has 1 atom stereocenters. The van der Waals surface area contributed by atoms with Crippen molar-refractivity contribution in [2.24, 2.45) is 0 Å². The van der Waals surface area contributed by atoms with Crippen LogP contribution in [0.5, 0.6) is 0 Å². The summed E-state index contributed by atoms with van der Waals surface area (Å²) in [6.45, 7) is 1.72. The number of benzene rings is 1. The number of anilines is 1. The maximum Gasteiger partial charge on any atom is 0.253 e. The lowest BCUT2D eigenvalue weighted by atomic mass is 10.2. The molecule has 1 aromatic heterocycles. The van der Waals surface area contributed by atoms with Gasteiger partial charge >= 0.3 is 0 Å². The van der Waals surface area contributed by atoms with Crippen LogP contribution in [0.2, 0.25) is 0 Å². The maximum atomic E-state index is 14.1. The molecule has 6 heteroatoms. The average molecular weight is 317 g/mol. The molecule has 5 nitrogen and oxygen atoms in total. The van der Waals surface area contributed by atoms with Gasteiger partial charge in [0.25, 0.3) is 5.91 Å². The van der Waals surface area contributed by atoms with Crippen molar-refractivity contribution in [1.29, 1.82) is 0 Å². The Balaban J connectivity index is 1.63. The Bertz CT molecular complexity index is 666. The number of halogens is 1. The number of ether oxygens (including phenoxy) is 1. The molecular formula is C17H20FN3O2. The summed E-state index contributed by atoms with van der Waals surface area (Å²) in [6.07, 6.45) is 7.17. The van der Waals surface area contributed by atoms with Crippen LogP contribution >= 0.6 is 0 Å². The number of carbonyl (C=O) groups is 1. The number of amides is 1. The maximum absolute atomic E-state index is 14.1. The molecule has 0 radical (unpaired) electrons. The second kappa shape index (κ2) is 6.91. The van der Waals surface area contributed by atoms with E-state index in [2.05, 4.69) is 10.4 Å². The van der Waals surface area contributed by atoms with Gasteiger partial charge in [-0.1, -0.05) is 12.8 Å². The van der Waals surface area contributed by atoms with Crippen molar-refractivity contribution in [2.45, 2.75) is 44.8 Å². The van der Waals surface area contributed by atoms with E-state index in [4.69, 9.17) is 4.74 Å². The number of nitrogens with one attached hydrogen (secondary N) is 1. The molecule has 0 saturated heterocycles. The molecule has 1 N–H and O–H groups in total. The summed E-state index contributed by atoms with van der Waals surface area (Å²) in [5, 5.41) is 6.69. The monoisotopic (exact) mass is 317 g/mol. The Morgan fingerprint density at radius 2 is 2.22 bits per heavy atom. The highest BCUT2D eigenvalue weighted by Gasteiger charge is 2.22. The Kier molecular flexibility index (Phi) is 4.71. The second-order valence-electron chi connectivity index (χ2n) is 5.79. The molecule has 0 bridgehead atoms. The zero-order chi connectivity index (χ0) is 16.2. The minimum atomic E-state index is -0.549. The van der Waals surface area contributed by atoms with Crippen LogP contribution in [-0.2, 0) is 9.53 Å². The highest BCUT2D eigenvalue weighted by atomic mass is 19.1. The molecule has 1 saturated carbocycles. The fraction of sp³-hybridized carbons (Fsp3) is 0.412. The minimum Gasteiger partial charge on any atom is -0.365 e. The van der Waals surface area contributed by atoms with Gasteiger partial charge in [0.2, 0.25) is 0 Å². The van der Waals surface area contributed by atoms with Gasteiger partial charge in [-0.25, -0.2) is 9.07 Å². The number of hydrogen-bond acceptors (Lipinski definition) is 3. The van der Waals surface area contributed by atoms with Gasteiger partial charge in [0.1, 0.15) is 11.8 Å². The van der Waals surface area contributed by atoms with Crippen molar-refractivity contribution in [3.05, 3.63) is 42.5 Å². The largest absolute Gasteiger partial charge is 0.365 e. The van der Waals surface area contributed by atoms with E-state index in [0.29, 0.717) is 11.4 Å². The van der Waals surface area contributed by atoms with Gasteiger partial charge in [0, 0.05) is 18.1 Å². The first-order valence-corrected chi connectivity index (χ1v) is 7.89. The molecule has 1 aliphatic carbocycles. The van der Waals surface area contributed by atoms with E-state index in [9.17, 15) is 9.18 Å². The first-order chi connectivity index (χ1) is 11.1. The van der Waals surface area contributed by atoms with Crippen LogP contribution in [0.25, 0.3) is 5.69 Å². The van der Waals surface area contributed by atoms with Gasteiger partial charge in [-0.2, -0.15) is 5.10 Å². The fourth-order valence-electron chi connectivity index (χ4n) is 2.80. The van der Waals surface area contributed by atoms with Gasteiger partial charge in [-0.05, 0) is 44.0 Å². The molecule has 1 aromatic carbocycles. The highest BCUT2D eigenvalue weighted by molar-refractivity contribution is 5.94. The summed E-state index contributed by atoms with van der Waals surface area (Å²) in [6, 6.07) is 6.25. The van der Waals surface area contributed by atoms with Crippen molar-refractivity contribution in [2.75, 3.05) is 5.32 Å². The number of rotatable bonds is 5. The zero-order valence-electron chi connectivity index (χ0n) is 13.0. The fourth-order valence-corrected chi connectivity index (χ4v) is 2.80. The normalized spacial score (nSPS) is 16.4. The average Bonchev–Trinajstić information content (AvgIpc) is 3.20.